The minimum absolute atomic E-state index is 0.00554. The van der Waals surface area contributed by atoms with E-state index in [1.807, 2.05) is 97.8 Å². The van der Waals surface area contributed by atoms with Crippen LogP contribution in [0.3, 0.4) is 0 Å². The summed E-state index contributed by atoms with van der Waals surface area (Å²) in [5.74, 6) is -1.94. The molecular formula is C45H78N6O8. The number of carbonyl (C=O) groups is 5. The average Bonchev–Trinajstić information content (AvgIpc) is 3.68. The second kappa shape index (κ2) is 24.7. The van der Waals surface area contributed by atoms with E-state index in [4.69, 9.17) is 9.47 Å². The molecule has 1 aliphatic rings. The molecule has 0 aliphatic carbocycles. The normalized spacial score (nSPS) is 19.6. The van der Waals surface area contributed by atoms with Gasteiger partial charge in [-0.2, -0.15) is 0 Å². The van der Waals surface area contributed by atoms with Gasteiger partial charge in [-0.3, -0.25) is 24.1 Å². The molecule has 4 amide bonds. The number of aldehydes is 1. The number of rotatable bonds is 26. The SMILES string of the molecule is CC[C@H](C)C(C(CC(=O)N1CCC[C@H]1[C@H](OC)[C@@H](C)C(=O)N[C@@](C=O)(CNC(C)CCO)Cc1ccccc1)OC)N(C)C(=O)[C@@H](NC(=O)[C@H](C(C)C)N(C)C)C(C)C. The second-order valence-corrected chi connectivity index (χ2v) is 17.7. The molecule has 0 radical (unpaired) electrons. The molecule has 14 nitrogen and oxygen atoms in total. The highest BCUT2D eigenvalue weighted by Crippen LogP contribution is 2.30. The van der Waals surface area contributed by atoms with Gasteiger partial charge in [-0.15, -0.1) is 0 Å². The Hall–Kier alpha value is -3.43. The monoisotopic (exact) mass is 831 g/mol. The summed E-state index contributed by atoms with van der Waals surface area (Å²) in [6, 6.07) is 7.30. The molecule has 4 N–H and O–H groups in total. The first-order valence-corrected chi connectivity index (χ1v) is 21.6. The Morgan fingerprint density at radius 1 is 0.966 bits per heavy atom. The topological polar surface area (TPSA) is 170 Å². The van der Waals surface area contributed by atoms with Gasteiger partial charge in [-0.05, 0) is 63.6 Å². The standard InChI is InChI=1S/C45H78N6O8/c1-14-31(6)40(50(11)44(57)38(29(2)3)47-43(56)39(30(4)5)49(9)10)36(58-12)25-37(54)51-23-18-21-35(51)41(59-13)33(8)42(55)48-45(28-53,27-46-32(7)22-24-52)26-34-19-16-15-17-20-34/h15-17,19-20,28-33,35-36,38-41,46,52H,14,18,21-27H2,1-13H3,(H,47,56)(H,48,55)/t31-,32?,33+,35-,36?,38-,39-,40?,41+,45+/m0/s1. The van der Waals surface area contributed by atoms with Crippen LogP contribution < -0.4 is 16.0 Å². The minimum atomic E-state index is -1.28. The van der Waals surface area contributed by atoms with Crippen molar-refractivity contribution in [2.75, 3.05) is 55.1 Å². The van der Waals surface area contributed by atoms with E-state index in [9.17, 15) is 29.1 Å². The van der Waals surface area contributed by atoms with E-state index in [1.54, 1.807) is 30.9 Å². The van der Waals surface area contributed by atoms with Crippen molar-refractivity contribution >= 4 is 29.9 Å². The highest BCUT2D eigenvalue weighted by Gasteiger charge is 2.44. The molecule has 59 heavy (non-hydrogen) atoms. The van der Waals surface area contributed by atoms with Crippen molar-refractivity contribution in [3.05, 3.63) is 35.9 Å². The Morgan fingerprint density at radius 2 is 1.61 bits per heavy atom. The largest absolute Gasteiger partial charge is 0.396 e. The van der Waals surface area contributed by atoms with Crippen molar-refractivity contribution in [3.8, 4) is 0 Å². The van der Waals surface area contributed by atoms with Crippen LogP contribution in [0, 0.1) is 23.7 Å². The van der Waals surface area contributed by atoms with Crippen LogP contribution in [0.1, 0.15) is 93.1 Å². The lowest BCUT2D eigenvalue weighted by Gasteiger charge is -2.41. The van der Waals surface area contributed by atoms with Crippen LogP contribution in [-0.2, 0) is 39.9 Å². The Morgan fingerprint density at radius 3 is 2.12 bits per heavy atom. The minimum Gasteiger partial charge on any atom is -0.396 e. The maximum absolute atomic E-state index is 14.4. The summed E-state index contributed by atoms with van der Waals surface area (Å²) in [4.78, 5) is 74.5. The predicted molar refractivity (Wildman–Crippen MR) is 231 cm³/mol. The van der Waals surface area contributed by atoms with Crippen LogP contribution in [0.2, 0.25) is 0 Å². The van der Waals surface area contributed by atoms with Crippen molar-refractivity contribution in [3.63, 3.8) is 0 Å². The Labute approximate surface area is 354 Å². The molecule has 0 saturated carbocycles. The average molecular weight is 831 g/mol. The number of carbonyl (C=O) groups excluding carboxylic acids is 5. The third-order valence-corrected chi connectivity index (χ3v) is 12.2. The molecule has 0 spiro atoms. The highest BCUT2D eigenvalue weighted by molar-refractivity contribution is 5.90. The Balaban J connectivity index is 2.35. The van der Waals surface area contributed by atoms with Crippen LogP contribution in [0.5, 0.6) is 0 Å². The molecule has 0 aromatic heterocycles. The first-order valence-electron chi connectivity index (χ1n) is 21.6. The number of aliphatic hydroxyl groups excluding tert-OH is 1. The molecule has 10 atom stereocenters. The van der Waals surface area contributed by atoms with E-state index < -0.39 is 47.8 Å². The van der Waals surface area contributed by atoms with Gasteiger partial charge in [0.15, 0.2) is 0 Å². The molecule has 3 unspecified atom stereocenters. The molecule has 1 fully saturated rings. The van der Waals surface area contributed by atoms with Gasteiger partial charge in [0, 0.05) is 53.4 Å². The number of benzene rings is 1. The zero-order chi connectivity index (χ0) is 44.6. The maximum atomic E-state index is 14.4. The summed E-state index contributed by atoms with van der Waals surface area (Å²) < 4.78 is 12.1. The van der Waals surface area contributed by atoms with Crippen LogP contribution in [0.15, 0.2) is 30.3 Å². The van der Waals surface area contributed by atoms with E-state index >= 15 is 0 Å². The van der Waals surface area contributed by atoms with Crippen LogP contribution in [-0.4, -0.2) is 153 Å². The number of nitrogens with zero attached hydrogens (tertiary/aromatic N) is 3. The van der Waals surface area contributed by atoms with Crippen LogP contribution >= 0.6 is 0 Å². The molecule has 1 aliphatic heterocycles. The Bertz CT molecular complexity index is 1450. The fourth-order valence-corrected chi connectivity index (χ4v) is 8.65. The van der Waals surface area contributed by atoms with E-state index in [0.717, 1.165) is 18.3 Å². The lowest BCUT2D eigenvalue weighted by atomic mass is 9.88. The fraction of sp³-hybridized carbons (Fsp3) is 0.756. The summed E-state index contributed by atoms with van der Waals surface area (Å²) in [6.07, 6.45) is 2.24. The van der Waals surface area contributed by atoms with E-state index in [2.05, 4.69) is 16.0 Å². The van der Waals surface area contributed by atoms with Gasteiger partial charge in [0.25, 0.3) is 0 Å². The lowest BCUT2D eigenvalue weighted by molar-refractivity contribution is -0.148. The third kappa shape index (κ3) is 14.3. The smallest absolute Gasteiger partial charge is 0.245 e. The number of hydrogen-bond donors (Lipinski definition) is 4. The summed E-state index contributed by atoms with van der Waals surface area (Å²) in [7, 11) is 8.52. The van der Waals surface area contributed by atoms with Crippen molar-refractivity contribution in [2.45, 2.75) is 142 Å². The van der Waals surface area contributed by atoms with Gasteiger partial charge in [-0.1, -0.05) is 85.2 Å². The van der Waals surface area contributed by atoms with Gasteiger partial charge in [0.1, 0.15) is 17.9 Å². The third-order valence-electron chi connectivity index (χ3n) is 12.2. The lowest BCUT2D eigenvalue weighted by Crippen LogP contribution is -2.61. The molecule has 1 heterocycles. The van der Waals surface area contributed by atoms with Crippen LogP contribution in [0.4, 0.5) is 0 Å². The number of likely N-dealkylation sites (N-methyl/N-ethyl adjacent to an activating group) is 2. The fourth-order valence-electron chi connectivity index (χ4n) is 8.65. The summed E-state index contributed by atoms with van der Waals surface area (Å²) in [5, 5.41) is 18.8. The van der Waals surface area contributed by atoms with Gasteiger partial charge in [0.05, 0.1) is 42.7 Å². The predicted octanol–water partition coefficient (Wildman–Crippen LogP) is 3.29. The molecule has 336 valence electrons. The van der Waals surface area contributed by atoms with Gasteiger partial charge in [-0.25, -0.2) is 0 Å². The molecule has 1 aromatic carbocycles. The molecule has 0 bridgehead atoms. The van der Waals surface area contributed by atoms with E-state index in [1.165, 1.54) is 7.11 Å². The maximum Gasteiger partial charge on any atom is 0.245 e. The van der Waals surface area contributed by atoms with Crippen molar-refractivity contribution in [1.29, 1.82) is 0 Å². The van der Waals surface area contributed by atoms with Gasteiger partial charge in [0.2, 0.25) is 23.6 Å². The first-order chi connectivity index (χ1) is 27.8. The zero-order valence-electron chi connectivity index (χ0n) is 38.3. The summed E-state index contributed by atoms with van der Waals surface area (Å²) >= 11 is 0. The van der Waals surface area contributed by atoms with Gasteiger partial charge < -0.3 is 45.1 Å². The number of ether oxygens (including phenoxy) is 2. The number of methoxy groups -OCH3 is 2. The summed E-state index contributed by atoms with van der Waals surface area (Å²) in [5.41, 5.74) is -0.399. The Kier molecular flexibility index (Phi) is 21.7. The summed E-state index contributed by atoms with van der Waals surface area (Å²) in [6.45, 7) is 16.1. The van der Waals surface area contributed by atoms with Crippen LogP contribution in [0.25, 0.3) is 0 Å². The number of aliphatic hydroxyl groups is 1. The molecular weight excluding hydrogens is 753 g/mol. The van der Waals surface area contributed by atoms with E-state index in [0.29, 0.717) is 25.8 Å². The molecule has 1 saturated heterocycles. The highest BCUT2D eigenvalue weighted by atomic mass is 16.5. The van der Waals surface area contributed by atoms with Crippen molar-refractivity contribution in [2.24, 2.45) is 23.7 Å². The quantitative estimate of drug-likeness (QED) is 0.102. The number of hydrogen-bond acceptors (Lipinski definition) is 10. The van der Waals surface area contributed by atoms with Gasteiger partial charge >= 0.3 is 0 Å². The second-order valence-electron chi connectivity index (χ2n) is 17.7. The van der Waals surface area contributed by atoms with E-state index in [-0.39, 0.29) is 73.4 Å². The molecule has 1 aromatic rings. The zero-order valence-corrected chi connectivity index (χ0v) is 38.3. The van der Waals surface area contributed by atoms with Crippen molar-refractivity contribution < 1.29 is 38.6 Å². The first kappa shape index (κ1) is 51.7. The van der Waals surface area contributed by atoms with Crippen molar-refractivity contribution in [1.82, 2.24) is 30.7 Å². The molecule has 14 heteroatoms. The number of likely N-dealkylation sites (tertiary alicyclic amines) is 1. The number of nitrogens with one attached hydrogen (secondary N) is 3. The number of amides is 4. The molecule has 2 rings (SSSR count).